The molecule has 1 aliphatic rings. The number of carboxylic acid groups (broad SMARTS) is 2. The molecule has 0 saturated carbocycles. The van der Waals surface area contributed by atoms with Gasteiger partial charge in [0.2, 0.25) is 11.9 Å². The lowest BCUT2D eigenvalue weighted by molar-refractivity contribution is -0.140. The highest BCUT2D eigenvalue weighted by Gasteiger charge is 2.28. The molecule has 0 fully saturated rings. The van der Waals surface area contributed by atoms with E-state index >= 15 is 0 Å². The van der Waals surface area contributed by atoms with Crippen molar-refractivity contribution in [1.29, 1.82) is 0 Å². The highest BCUT2D eigenvalue weighted by molar-refractivity contribution is 5.98. The minimum Gasteiger partial charge on any atom is -0.481 e. The zero-order valence-electron chi connectivity index (χ0n) is 19.0. The summed E-state index contributed by atoms with van der Waals surface area (Å²) in [5.41, 5.74) is 13.2. The van der Waals surface area contributed by atoms with Crippen molar-refractivity contribution in [2.45, 2.75) is 38.1 Å². The molecule has 1 aliphatic heterocycles. The van der Waals surface area contributed by atoms with Crippen LogP contribution in [0.1, 0.15) is 48.0 Å². The number of fused-ring (bicyclic) bond motifs is 1. The summed E-state index contributed by atoms with van der Waals surface area (Å²) < 4.78 is 0. The van der Waals surface area contributed by atoms with Gasteiger partial charge in [-0.25, -0.2) is 4.79 Å². The summed E-state index contributed by atoms with van der Waals surface area (Å²) in [6.45, 7) is 2.38. The SMILES string of the molecule is CC(=O)N(CCC1CNc2nc(N)nc(N)c21)c1ccc(C(=O)N[C@@H](CCC(=O)O)C(=O)O)cc1. The number of hydrogen-bond acceptors (Lipinski definition) is 9. The van der Waals surface area contributed by atoms with Crippen molar-refractivity contribution < 1.29 is 29.4 Å². The smallest absolute Gasteiger partial charge is 0.326 e. The highest BCUT2D eigenvalue weighted by Crippen LogP contribution is 2.36. The van der Waals surface area contributed by atoms with Gasteiger partial charge in [-0.15, -0.1) is 0 Å². The van der Waals surface area contributed by atoms with Gasteiger partial charge in [-0.1, -0.05) is 0 Å². The molecule has 2 atom stereocenters. The van der Waals surface area contributed by atoms with Crippen LogP contribution in [0.3, 0.4) is 0 Å². The Kier molecular flexibility index (Phi) is 7.69. The third-order valence-electron chi connectivity index (χ3n) is 5.69. The lowest BCUT2D eigenvalue weighted by Gasteiger charge is -2.23. The van der Waals surface area contributed by atoms with Crippen LogP contribution >= 0.6 is 0 Å². The average molecular weight is 486 g/mol. The molecule has 0 bridgehead atoms. The molecular formula is C22H27N7O6. The summed E-state index contributed by atoms with van der Waals surface area (Å²) in [5.74, 6) is -2.38. The second kappa shape index (κ2) is 10.7. The van der Waals surface area contributed by atoms with E-state index in [1.165, 1.54) is 19.1 Å². The average Bonchev–Trinajstić information content (AvgIpc) is 3.19. The number of nitrogens with zero attached hydrogens (tertiary/aromatic N) is 3. The van der Waals surface area contributed by atoms with Gasteiger partial charge in [0, 0.05) is 49.2 Å². The van der Waals surface area contributed by atoms with Crippen LogP contribution in [0.5, 0.6) is 0 Å². The summed E-state index contributed by atoms with van der Waals surface area (Å²) in [7, 11) is 0. The van der Waals surface area contributed by atoms with Crippen LogP contribution in [0.2, 0.25) is 0 Å². The first-order valence-electron chi connectivity index (χ1n) is 10.9. The summed E-state index contributed by atoms with van der Waals surface area (Å²) in [4.78, 5) is 56.5. The van der Waals surface area contributed by atoms with E-state index in [1.54, 1.807) is 17.0 Å². The molecule has 1 unspecified atom stereocenters. The lowest BCUT2D eigenvalue weighted by atomic mass is 9.99. The van der Waals surface area contributed by atoms with Crippen molar-refractivity contribution in [1.82, 2.24) is 15.3 Å². The minimum absolute atomic E-state index is 0.0174. The zero-order chi connectivity index (χ0) is 25.7. The maximum atomic E-state index is 12.4. The second-order valence-corrected chi connectivity index (χ2v) is 8.11. The lowest BCUT2D eigenvalue weighted by Crippen LogP contribution is -2.41. The first-order valence-corrected chi connectivity index (χ1v) is 10.9. The van der Waals surface area contributed by atoms with Gasteiger partial charge >= 0.3 is 11.9 Å². The van der Waals surface area contributed by atoms with E-state index < -0.39 is 30.3 Å². The number of benzene rings is 1. The van der Waals surface area contributed by atoms with Crippen LogP contribution in [0, 0.1) is 0 Å². The van der Waals surface area contributed by atoms with Crippen LogP contribution in [0.15, 0.2) is 24.3 Å². The van der Waals surface area contributed by atoms with Crippen molar-refractivity contribution in [3.05, 3.63) is 35.4 Å². The van der Waals surface area contributed by atoms with E-state index in [0.29, 0.717) is 36.8 Å². The second-order valence-electron chi connectivity index (χ2n) is 8.11. The molecule has 13 nitrogen and oxygen atoms in total. The molecule has 2 aromatic rings. The van der Waals surface area contributed by atoms with E-state index in [-0.39, 0.29) is 29.8 Å². The van der Waals surface area contributed by atoms with Gasteiger partial charge in [0.25, 0.3) is 5.91 Å². The van der Waals surface area contributed by atoms with Gasteiger partial charge in [-0.2, -0.15) is 9.97 Å². The normalized spacial score (nSPS) is 14.9. The molecule has 2 heterocycles. The van der Waals surface area contributed by atoms with E-state index in [4.69, 9.17) is 16.6 Å². The van der Waals surface area contributed by atoms with Crippen LogP contribution < -0.4 is 27.0 Å². The number of aromatic nitrogens is 2. The number of anilines is 4. The van der Waals surface area contributed by atoms with E-state index in [9.17, 15) is 24.3 Å². The fraction of sp³-hybridized carbons (Fsp3) is 0.364. The number of nitrogens with one attached hydrogen (secondary N) is 2. The van der Waals surface area contributed by atoms with Gasteiger partial charge in [0.15, 0.2) is 0 Å². The number of nitrogen functional groups attached to an aromatic ring is 2. The van der Waals surface area contributed by atoms with Crippen LogP contribution in [0.4, 0.5) is 23.3 Å². The number of carbonyl (C=O) groups excluding carboxylic acids is 2. The Balaban J connectivity index is 1.66. The minimum atomic E-state index is -1.33. The van der Waals surface area contributed by atoms with Crippen LogP contribution in [0.25, 0.3) is 0 Å². The number of hydrogen-bond donors (Lipinski definition) is 6. The first kappa shape index (κ1) is 25.2. The Hall–Kier alpha value is -4.42. The third-order valence-corrected chi connectivity index (χ3v) is 5.69. The third kappa shape index (κ3) is 6.13. The van der Waals surface area contributed by atoms with Crippen molar-refractivity contribution in [2.75, 3.05) is 34.8 Å². The Labute approximate surface area is 200 Å². The Morgan fingerprint density at radius 1 is 1.17 bits per heavy atom. The molecule has 1 aromatic carbocycles. The molecule has 1 aromatic heterocycles. The standard InChI is InChI=1S/C22H27N7O6/c1-11(30)29(9-8-13-10-25-19-17(13)18(23)27-22(24)28-19)14-4-2-12(3-5-14)20(33)26-15(21(34)35)6-7-16(31)32/h2-5,13,15H,6-10H2,1H3,(H,26,33)(H,31,32)(H,34,35)(H5,23,24,25,27,28)/t13?,15-/m0/s1. The molecule has 186 valence electrons. The molecule has 35 heavy (non-hydrogen) atoms. The van der Waals surface area contributed by atoms with Gasteiger partial charge < -0.3 is 37.2 Å². The molecule has 0 spiro atoms. The topological polar surface area (TPSA) is 214 Å². The predicted molar refractivity (Wildman–Crippen MR) is 127 cm³/mol. The maximum Gasteiger partial charge on any atom is 0.326 e. The largest absolute Gasteiger partial charge is 0.481 e. The number of aliphatic carboxylic acids is 2. The predicted octanol–water partition coefficient (Wildman–Crippen LogP) is 0.641. The fourth-order valence-corrected chi connectivity index (χ4v) is 3.92. The van der Waals surface area contributed by atoms with Gasteiger partial charge in [-0.05, 0) is 37.1 Å². The van der Waals surface area contributed by atoms with Crippen molar-refractivity contribution in [3.8, 4) is 0 Å². The van der Waals surface area contributed by atoms with Gasteiger partial charge in [-0.3, -0.25) is 14.4 Å². The van der Waals surface area contributed by atoms with Crippen molar-refractivity contribution in [2.24, 2.45) is 0 Å². The van der Waals surface area contributed by atoms with Crippen molar-refractivity contribution in [3.63, 3.8) is 0 Å². The molecular weight excluding hydrogens is 458 g/mol. The van der Waals surface area contributed by atoms with E-state index in [1.807, 2.05) is 0 Å². The van der Waals surface area contributed by atoms with Crippen LogP contribution in [-0.4, -0.2) is 63.1 Å². The number of nitrogens with two attached hydrogens (primary N) is 2. The summed E-state index contributed by atoms with van der Waals surface area (Å²) >= 11 is 0. The maximum absolute atomic E-state index is 12.4. The van der Waals surface area contributed by atoms with Gasteiger partial charge in [0.05, 0.1) is 0 Å². The Bertz CT molecular complexity index is 1140. The highest BCUT2D eigenvalue weighted by atomic mass is 16.4. The summed E-state index contributed by atoms with van der Waals surface area (Å²) in [5, 5.41) is 23.4. The van der Waals surface area contributed by atoms with Crippen molar-refractivity contribution >= 4 is 47.0 Å². The number of rotatable bonds is 10. The van der Waals surface area contributed by atoms with E-state index in [0.717, 1.165) is 5.56 Å². The number of amides is 2. The molecule has 8 N–H and O–H groups in total. The quantitative estimate of drug-likeness (QED) is 0.274. The molecule has 0 saturated heterocycles. The molecule has 3 rings (SSSR count). The monoisotopic (exact) mass is 485 g/mol. The number of carboxylic acids is 2. The van der Waals surface area contributed by atoms with Crippen LogP contribution in [-0.2, 0) is 14.4 Å². The first-order chi connectivity index (χ1) is 16.6. The summed E-state index contributed by atoms with van der Waals surface area (Å²) in [6, 6.07) is 4.78. The molecule has 2 amide bonds. The molecule has 13 heteroatoms. The van der Waals surface area contributed by atoms with E-state index in [2.05, 4.69) is 20.6 Å². The summed E-state index contributed by atoms with van der Waals surface area (Å²) in [6.07, 6.45) is -0.0625. The Morgan fingerprint density at radius 2 is 1.86 bits per heavy atom. The molecule has 0 aliphatic carbocycles. The molecule has 0 radical (unpaired) electrons. The Morgan fingerprint density at radius 3 is 2.46 bits per heavy atom. The zero-order valence-corrected chi connectivity index (χ0v) is 19.0. The van der Waals surface area contributed by atoms with Gasteiger partial charge in [0.1, 0.15) is 17.7 Å². The number of carbonyl (C=O) groups is 4. The fourth-order valence-electron chi connectivity index (χ4n) is 3.92.